The topological polar surface area (TPSA) is 67.6 Å². The highest BCUT2D eigenvalue weighted by Gasteiger charge is 2.26. The highest BCUT2D eigenvalue weighted by molar-refractivity contribution is 5.60. The standard InChI is InChI=1S/C15H23N3O3/c1-3-9-21-15-10-12(6-7-14(15)18(19)20)17-8-4-5-13(17)11-16-2/h6-7,10,13,16H,3-5,8-9,11H2,1-2H3. The number of likely N-dealkylation sites (N-methyl/N-ethyl adjacent to an activating group) is 1. The maximum atomic E-state index is 11.1. The van der Waals surface area contributed by atoms with Crippen LogP contribution in [0.25, 0.3) is 0 Å². The number of ether oxygens (including phenoxy) is 1. The predicted molar refractivity (Wildman–Crippen MR) is 83.2 cm³/mol. The fraction of sp³-hybridized carbons (Fsp3) is 0.600. The van der Waals surface area contributed by atoms with E-state index in [0.29, 0.717) is 18.4 Å². The number of anilines is 1. The van der Waals surface area contributed by atoms with E-state index in [9.17, 15) is 10.1 Å². The monoisotopic (exact) mass is 293 g/mol. The first-order valence-corrected chi connectivity index (χ1v) is 7.49. The third-order valence-corrected chi connectivity index (χ3v) is 3.75. The van der Waals surface area contributed by atoms with Gasteiger partial charge >= 0.3 is 5.69 Å². The number of nitrogens with zero attached hydrogens (tertiary/aromatic N) is 2. The van der Waals surface area contributed by atoms with E-state index in [-0.39, 0.29) is 10.6 Å². The van der Waals surface area contributed by atoms with Gasteiger partial charge in [0, 0.05) is 37.0 Å². The van der Waals surface area contributed by atoms with Gasteiger partial charge < -0.3 is 15.0 Å². The van der Waals surface area contributed by atoms with Crippen molar-refractivity contribution in [3.05, 3.63) is 28.3 Å². The van der Waals surface area contributed by atoms with Crippen molar-refractivity contribution in [2.75, 3.05) is 31.6 Å². The van der Waals surface area contributed by atoms with Gasteiger partial charge in [-0.3, -0.25) is 10.1 Å². The van der Waals surface area contributed by atoms with Crippen molar-refractivity contribution in [1.29, 1.82) is 0 Å². The highest BCUT2D eigenvalue weighted by Crippen LogP contribution is 2.34. The van der Waals surface area contributed by atoms with Crippen LogP contribution in [0.15, 0.2) is 18.2 Å². The van der Waals surface area contributed by atoms with Crippen molar-refractivity contribution in [2.24, 2.45) is 0 Å². The molecule has 1 atom stereocenters. The summed E-state index contributed by atoms with van der Waals surface area (Å²) in [5.41, 5.74) is 1.04. The quantitative estimate of drug-likeness (QED) is 0.618. The van der Waals surface area contributed by atoms with Crippen LogP contribution in [0.5, 0.6) is 5.75 Å². The van der Waals surface area contributed by atoms with Crippen LogP contribution in [0.4, 0.5) is 11.4 Å². The summed E-state index contributed by atoms with van der Waals surface area (Å²) in [6.45, 7) is 4.38. The minimum Gasteiger partial charge on any atom is -0.487 e. The van der Waals surface area contributed by atoms with Crippen LogP contribution in [0.1, 0.15) is 26.2 Å². The van der Waals surface area contributed by atoms with Crippen LogP contribution < -0.4 is 15.0 Å². The highest BCUT2D eigenvalue weighted by atomic mass is 16.6. The molecule has 1 N–H and O–H groups in total. The predicted octanol–water partition coefficient (Wildman–Crippen LogP) is 2.57. The van der Waals surface area contributed by atoms with Gasteiger partial charge in [0.25, 0.3) is 0 Å². The summed E-state index contributed by atoms with van der Waals surface area (Å²) in [5.74, 6) is 0.370. The lowest BCUT2D eigenvalue weighted by Gasteiger charge is -2.27. The molecule has 0 aromatic heterocycles. The second kappa shape index (κ2) is 7.26. The molecule has 1 aliphatic rings. The number of nitro benzene ring substituents is 1. The van der Waals surface area contributed by atoms with Crippen molar-refractivity contribution in [3.8, 4) is 5.75 Å². The molecule has 0 saturated carbocycles. The molecular weight excluding hydrogens is 270 g/mol. The molecule has 116 valence electrons. The number of benzene rings is 1. The molecule has 1 unspecified atom stereocenters. The van der Waals surface area contributed by atoms with Gasteiger partial charge in [-0.15, -0.1) is 0 Å². The van der Waals surface area contributed by atoms with Gasteiger partial charge in [-0.1, -0.05) is 6.92 Å². The third-order valence-electron chi connectivity index (χ3n) is 3.75. The van der Waals surface area contributed by atoms with Gasteiger partial charge in [0.05, 0.1) is 11.5 Å². The largest absolute Gasteiger partial charge is 0.487 e. The number of rotatable bonds is 7. The Morgan fingerprint density at radius 1 is 1.52 bits per heavy atom. The first-order valence-electron chi connectivity index (χ1n) is 7.49. The molecule has 2 rings (SSSR count). The Bertz CT molecular complexity index is 493. The molecule has 0 radical (unpaired) electrons. The van der Waals surface area contributed by atoms with Crippen molar-refractivity contribution in [1.82, 2.24) is 5.32 Å². The van der Waals surface area contributed by atoms with E-state index in [1.165, 1.54) is 0 Å². The summed E-state index contributed by atoms with van der Waals surface area (Å²) in [7, 11) is 1.95. The molecule has 1 aliphatic heterocycles. The number of nitro groups is 1. The van der Waals surface area contributed by atoms with E-state index < -0.39 is 0 Å². The molecular formula is C15H23N3O3. The van der Waals surface area contributed by atoms with Crippen LogP contribution >= 0.6 is 0 Å². The fourth-order valence-corrected chi connectivity index (χ4v) is 2.78. The Labute approximate surface area is 125 Å². The zero-order valence-corrected chi connectivity index (χ0v) is 12.7. The Kier molecular flexibility index (Phi) is 5.38. The second-order valence-corrected chi connectivity index (χ2v) is 5.30. The molecule has 0 amide bonds. The van der Waals surface area contributed by atoms with Crippen LogP contribution in [0.3, 0.4) is 0 Å². The summed E-state index contributed by atoms with van der Waals surface area (Å²) >= 11 is 0. The van der Waals surface area contributed by atoms with Crippen LogP contribution in [-0.4, -0.2) is 37.7 Å². The molecule has 6 heteroatoms. The van der Waals surface area contributed by atoms with E-state index in [1.807, 2.05) is 26.1 Å². The molecule has 21 heavy (non-hydrogen) atoms. The molecule has 1 heterocycles. The number of hydrogen-bond donors (Lipinski definition) is 1. The van der Waals surface area contributed by atoms with Gasteiger partial charge in [-0.05, 0) is 32.4 Å². The molecule has 0 spiro atoms. The zero-order chi connectivity index (χ0) is 15.2. The molecule has 1 saturated heterocycles. The van der Waals surface area contributed by atoms with Gasteiger partial charge in [0.1, 0.15) is 0 Å². The molecule has 0 bridgehead atoms. The normalized spacial score (nSPS) is 18.0. The Morgan fingerprint density at radius 3 is 3.00 bits per heavy atom. The first-order chi connectivity index (χ1) is 10.2. The Hall–Kier alpha value is -1.82. The van der Waals surface area contributed by atoms with E-state index >= 15 is 0 Å². The smallest absolute Gasteiger partial charge is 0.311 e. The maximum absolute atomic E-state index is 11.1. The fourth-order valence-electron chi connectivity index (χ4n) is 2.78. The van der Waals surface area contributed by atoms with Gasteiger partial charge in [-0.2, -0.15) is 0 Å². The molecule has 1 aromatic carbocycles. The minimum absolute atomic E-state index is 0.0385. The minimum atomic E-state index is -0.385. The lowest BCUT2D eigenvalue weighted by molar-refractivity contribution is -0.385. The lowest BCUT2D eigenvalue weighted by atomic mass is 10.2. The summed E-state index contributed by atoms with van der Waals surface area (Å²) in [5, 5.41) is 14.3. The average molecular weight is 293 g/mol. The lowest BCUT2D eigenvalue weighted by Crippen LogP contribution is -2.36. The van der Waals surface area contributed by atoms with Crippen molar-refractivity contribution >= 4 is 11.4 Å². The van der Waals surface area contributed by atoms with E-state index in [1.54, 1.807) is 6.07 Å². The van der Waals surface area contributed by atoms with Crippen molar-refractivity contribution < 1.29 is 9.66 Å². The first kappa shape index (κ1) is 15.6. The summed E-state index contributed by atoms with van der Waals surface area (Å²) in [6.07, 6.45) is 3.12. The van der Waals surface area contributed by atoms with Gasteiger partial charge in [0.2, 0.25) is 0 Å². The zero-order valence-electron chi connectivity index (χ0n) is 12.7. The molecule has 6 nitrogen and oxygen atoms in total. The van der Waals surface area contributed by atoms with E-state index in [2.05, 4.69) is 10.2 Å². The average Bonchev–Trinajstić information content (AvgIpc) is 2.93. The van der Waals surface area contributed by atoms with Gasteiger partial charge in [0.15, 0.2) is 5.75 Å². The Morgan fingerprint density at radius 2 is 2.33 bits per heavy atom. The maximum Gasteiger partial charge on any atom is 0.311 e. The van der Waals surface area contributed by atoms with Crippen LogP contribution in [-0.2, 0) is 0 Å². The molecule has 1 aromatic rings. The van der Waals surface area contributed by atoms with Crippen molar-refractivity contribution in [3.63, 3.8) is 0 Å². The number of hydrogen-bond acceptors (Lipinski definition) is 5. The summed E-state index contributed by atoms with van der Waals surface area (Å²) in [4.78, 5) is 13.0. The van der Waals surface area contributed by atoms with Crippen LogP contribution in [0, 0.1) is 10.1 Å². The van der Waals surface area contributed by atoms with E-state index in [0.717, 1.165) is 38.0 Å². The summed E-state index contributed by atoms with van der Waals surface area (Å²) < 4.78 is 5.56. The third kappa shape index (κ3) is 3.64. The SMILES string of the molecule is CCCOc1cc(N2CCCC2CNC)ccc1[N+](=O)[O-]. The van der Waals surface area contributed by atoms with E-state index in [4.69, 9.17) is 4.74 Å². The Balaban J connectivity index is 2.25. The molecule has 0 aliphatic carbocycles. The molecule has 1 fully saturated rings. The van der Waals surface area contributed by atoms with Crippen LogP contribution in [0.2, 0.25) is 0 Å². The number of nitrogens with one attached hydrogen (secondary N) is 1. The van der Waals surface area contributed by atoms with Crippen molar-refractivity contribution in [2.45, 2.75) is 32.2 Å². The van der Waals surface area contributed by atoms with Gasteiger partial charge in [-0.25, -0.2) is 0 Å². The second-order valence-electron chi connectivity index (χ2n) is 5.30. The summed E-state index contributed by atoms with van der Waals surface area (Å²) in [6, 6.07) is 5.62.